The summed E-state index contributed by atoms with van der Waals surface area (Å²) >= 11 is 0. The topological polar surface area (TPSA) is 75.3 Å². The summed E-state index contributed by atoms with van der Waals surface area (Å²) in [7, 11) is -3.61. The van der Waals surface area contributed by atoms with Crippen LogP contribution >= 0.6 is 0 Å². The van der Waals surface area contributed by atoms with Gasteiger partial charge in [-0.25, -0.2) is 13.1 Å². The monoisotopic (exact) mass is 388 g/mol. The summed E-state index contributed by atoms with van der Waals surface area (Å²) in [6.45, 7) is 5.72. The Balaban J connectivity index is 1.76. The maximum absolute atomic E-state index is 12.4. The van der Waals surface area contributed by atoms with Gasteiger partial charge in [0.05, 0.1) is 4.90 Å². The van der Waals surface area contributed by atoms with Crippen molar-refractivity contribution in [3.8, 4) is 0 Å². The van der Waals surface area contributed by atoms with E-state index in [-0.39, 0.29) is 29.8 Å². The van der Waals surface area contributed by atoms with Gasteiger partial charge in [0, 0.05) is 19.0 Å². The fraction of sp³-hybridized carbons (Fsp3) is 0.381. The molecule has 2 aromatic carbocycles. The molecule has 0 spiro atoms. The third-order valence-corrected chi connectivity index (χ3v) is 6.00. The van der Waals surface area contributed by atoms with Crippen molar-refractivity contribution in [1.29, 1.82) is 0 Å². The Kier molecular flexibility index (Phi) is 7.56. The van der Waals surface area contributed by atoms with Gasteiger partial charge in [0.15, 0.2) is 0 Å². The number of carbonyl (C=O) groups is 1. The molecule has 27 heavy (non-hydrogen) atoms. The molecule has 0 aromatic heterocycles. The summed E-state index contributed by atoms with van der Waals surface area (Å²) < 4.78 is 27.3. The van der Waals surface area contributed by atoms with Crippen molar-refractivity contribution in [2.75, 3.05) is 6.54 Å². The first-order valence-corrected chi connectivity index (χ1v) is 10.7. The van der Waals surface area contributed by atoms with E-state index in [1.807, 2.05) is 38.1 Å². The van der Waals surface area contributed by atoms with Crippen molar-refractivity contribution in [3.63, 3.8) is 0 Å². The number of hydrogen-bond donors (Lipinski definition) is 2. The minimum absolute atomic E-state index is 0.0358. The second kappa shape index (κ2) is 9.67. The second-order valence-electron chi connectivity index (χ2n) is 6.91. The molecule has 1 amide bonds. The van der Waals surface area contributed by atoms with E-state index in [9.17, 15) is 13.2 Å². The van der Waals surface area contributed by atoms with E-state index in [0.29, 0.717) is 5.56 Å². The van der Waals surface area contributed by atoms with Gasteiger partial charge in [0.2, 0.25) is 15.9 Å². The largest absolute Gasteiger partial charge is 0.354 e. The number of aryl methyl sites for hydroxylation is 3. The van der Waals surface area contributed by atoms with Crippen molar-refractivity contribution in [1.82, 2.24) is 10.0 Å². The van der Waals surface area contributed by atoms with E-state index in [1.165, 1.54) is 5.56 Å². The van der Waals surface area contributed by atoms with E-state index in [1.54, 1.807) is 19.1 Å². The number of carbonyl (C=O) groups excluding carboxylic acids is 1. The summed E-state index contributed by atoms with van der Waals surface area (Å²) in [6.07, 6.45) is 1.84. The summed E-state index contributed by atoms with van der Waals surface area (Å²) in [5.74, 6) is -0.154. The van der Waals surface area contributed by atoms with Crippen LogP contribution in [0.3, 0.4) is 0 Å². The lowest BCUT2D eigenvalue weighted by Gasteiger charge is -2.14. The normalized spacial score (nSPS) is 12.6. The Morgan fingerprint density at radius 2 is 1.78 bits per heavy atom. The standard InChI is InChI=1S/C21H28N2O3S/c1-16-9-12-20(17(2)15-16)27(25,26)22-14-13-21(24)23-18(3)10-11-19-7-5-4-6-8-19/h4-9,12,15,18,22H,10-11,13-14H2,1-3H3,(H,23,24). The molecule has 0 radical (unpaired) electrons. The molecule has 2 N–H and O–H groups in total. The highest BCUT2D eigenvalue weighted by atomic mass is 32.2. The first kappa shape index (κ1) is 21.1. The number of rotatable bonds is 9. The van der Waals surface area contributed by atoms with Crippen LogP contribution in [0, 0.1) is 13.8 Å². The molecular formula is C21H28N2O3S. The van der Waals surface area contributed by atoms with Gasteiger partial charge in [-0.3, -0.25) is 4.79 Å². The summed E-state index contributed by atoms with van der Waals surface area (Å²) in [6, 6.07) is 15.3. The van der Waals surface area contributed by atoms with E-state index < -0.39 is 10.0 Å². The average Bonchev–Trinajstić information content (AvgIpc) is 2.60. The van der Waals surface area contributed by atoms with E-state index in [0.717, 1.165) is 18.4 Å². The van der Waals surface area contributed by atoms with Crippen LogP contribution in [0.2, 0.25) is 0 Å². The summed E-state index contributed by atoms with van der Waals surface area (Å²) in [4.78, 5) is 12.3. The molecule has 0 aliphatic rings. The number of amides is 1. The second-order valence-corrected chi connectivity index (χ2v) is 8.64. The third-order valence-electron chi connectivity index (χ3n) is 4.38. The third kappa shape index (κ3) is 6.81. The van der Waals surface area contributed by atoms with Crippen molar-refractivity contribution >= 4 is 15.9 Å². The Labute approximate surface area is 162 Å². The molecule has 0 saturated heterocycles. The highest BCUT2D eigenvalue weighted by molar-refractivity contribution is 7.89. The quantitative estimate of drug-likeness (QED) is 0.693. The molecule has 1 atom stereocenters. The zero-order valence-electron chi connectivity index (χ0n) is 16.2. The molecule has 0 heterocycles. The minimum atomic E-state index is -3.61. The molecule has 6 heteroatoms. The van der Waals surface area contributed by atoms with Gasteiger partial charge in [0.1, 0.15) is 0 Å². The molecule has 0 bridgehead atoms. The van der Waals surface area contributed by atoms with Crippen LogP contribution in [0.1, 0.15) is 36.5 Å². The van der Waals surface area contributed by atoms with Gasteiger partial charge < -0.3 is 5.32 Å². The highest BCUT2D eigenvalue weighted by Gasteiger charge is 2.17. The van der Waals surface area contributed by atoms with Gasteiger partial charge >= 0.3 is 0 Å². The first-order valence-electron chi connectivity index (χ1n) is 9.18. The Morgan fingerprint density at radius 1 is 1.07 bits per heavy atom. The van der Waals surface area contributed by atoms with Crippen LogP contribution in [-0.4, -0.2) is 26.9 Å². The molecule has 2 aromatic rings. The number of nitrogens with one attached hydrogen (secondary N) is 2. The highest BCUT2D eigenvalue weighted by Crippen LogP contribution is 2.16. The fourth-order valence-corrected chi connectivity index (χ4v) is 4.18. The van der Waals surface area contributed by atoms with Crippen molar-refractivity contribution in [2.45, 2.75) is 51.0 Å². The zero-order chi connectivity index (χ0) is 19.9. The molecule has 5 nitrogen and oxygen atoms in total. The number of sulfonamides is 1. The molecule has 2 rings (SSSR count). The molecule has 0 aliphatic carbocycles. The molecule has 0 aliphatic heterocycles. The van der Waals surface area contributed by atoms with Crippen LogP contribution < -0.4 is 10.0 Å². The van der Waals surface area contributed by atoms with Crippen molar-refractivity contribution in [2.24, 2.45) is 0 Å². The van der Waals surface area contributed by atoms with Crippen molar-refractivity contribution in [3.05, 3.63) is 65.2 Å². The Morgan fingerprint density at radius 3 is 2.44 bits per heavy atom. The zero-order valence-corrected chi connectivity index (χ0v) is 17.0. The van der Waals surface area contributed by atoms with E-state index in [4.69, 9.17) is 0 Å². The van der Waals surface area contributed by atoms with Crippen LogP contribution in [0.15, 0.2) is 53.4 Å². The summed E-state index contributed by atoms with van der Waals surface area (Å²) in [5, 5.41) is 2.92. The molecule has 146 valence electrons. The van der Waals surface area contributed by atoms with Crippen LogP contribution in [-0.2, 0) is 21.2 Å². The van der Waals surface area contributed by atoms with Gasteiger partial charge in [-0.2, -0.15) is 0 Å². The Bertz CT molecular complexity index is 864. The van der Waals surface area contributed by atoms with Crippen LogP contribution in [0.4, 0.5) is 0 Å². The first-order chi connectivity index (χ1) is 12.8. The number of benzene rings is 2. The van der Waals surface area contributed by atoms with E-state index in [2.05, 4.69) is 22.2 Å². The predicted octanol–water partition coefficient (Wildman–Crippen LogP) is 3.11. The summed E-state index contributed by atoms with van der Waals surface area (Å²) in [5.41, 5.74) is 2.94. The molecule has 0 saturated carbocycles. The molecular weight excluding hydrogens is 360 g/mol. The molecule has 0 fully saturated rings. The maximum Gasteiger partial charge on any atom is 0.240 e. The predicted molar refractivity (Wildman–Crippen MR) is 108 cm³/mol. The van der Waals surface area contributed by atoms with Crippen molar-refractivity contribution < 1.29 is 13.2 Å². The fourth-order valence-electron chi connectivity index (χ4n) is 2.92. The van der Waals surface area contributed by atoms with E-state index >= 15 is 0 Å². The number of hydrogen-bond acceptors (Lipinski definition) is 3. The minimum Gasteiger partial charge on any atom is -0.354 e. The van der Waals surface area contributed by atoms with Gasteiger partial charge in [-0.05, 0) is 50.8 Å². The SMILES string of the molecule is Cc1ccc(S(=O)(=O)NCCC(=O)NC(C)CCc2ccccc2)c(C)c1. The Hall–Kier alpha value is -2.18. The van der Waals surface area contributed by atoms with Gasteiger partial charge in [-0.15, -0.1) is 0 Å². The lowest BCUT2D eigenvalue weighted by Crippen LogP contribution is -2.35. The lowest BCUT2D eigenvalue weighted by molar-refractivity contribution is -0.121. The molecule has 1 unspecified atom stereocenters. The van der Waals surface area contributed by atoms with Crippen LogP contribution in [0.25, 0.3) is 0 Å². The smallest absolute Gasteiger partial charge is 0.240 e. The average molecular weight is 389 g/mol. The van der Waals surface area contributed by atoms with Gasteiger partial charge in [0.25, 0.3) is 0 Å². The lowest BCUT2D eigenvalue weighted by atomic mass is 10.1. The maximum atomic E-state index is 12.4. The van der Waals surface area contributed by atoms with Crippen LogP contribution in [0.5, 0.6) is 0 Å². The van der Waals surface area contributed by atoms with Gasteiger partial charge in [-0.1, -0.05) is 48.0 Å².